The van der Waals surface area contributed by atoms with E-state index in [-0.39, 0.29) is 24.0 Å². The van der Waals surface area contributed by atoms with Gasteiger partial charge in [0, 0.05) is 5.56 Å². The van der Waals surface area contributed by atoms with Gasteiger partial charge in [0.25, 0.3) is 0 Å². The smallest absolute Gasteiger partial charge is 0.326 e. The van der Waals surface area contributed by atoms with E-state index in [1.54, 1.807) is 18.2 Å². The summed E-state index contributed by atoms with van der Waals surface area (Å²) in [6.45, 7) is 0. The van der Waals surface area contributed by atoms with Crippen molar-refractivity contribution in [1.29, 1.82) is 0 Å². The molecule has 0 aromatic heterocycles. The molecule has 1 unspecified atom stereocenters. The lowest BCUT2D eigenvalue weighted by Gasteiger charge is -2.13. The Balaban J connectivity index is 1.96. The number of carboxylic acids is 1. The lowest BCUT2D eigenvalue weighted by atomic mass is 10.1. The Labute approximate surface area is 104 Å². The van der Waals surface area contributed by atoms with Crippen molar-refractivity contribution in [3.63, 3.8) is 0 Å². The van der Waals surface area contributed by atoms with E-state index in [9.17, 15) is 14.7 Å². The number of amides is 1. The predicted octanol–water partition coefficient (Wildman–Crippen LogP) is 0.914. The number of hydrogen-bond donors (Lipinski definition) is 3. The van der Waals surface area contributed by atoms with Gasteiger partial charge in [-0.1, -0.05) is 18.2 Å². The van der Waals surface area contributed by atoms with Crippen LogP contribution in [0.3, 0.4) is 0 Å². The van der Waals surface area contributed by atoms with E-state index in [1.807, 2.05) is 0 Å². The number of phenolic OH excluding ortho intramolecular Hbond substituents is 1. The van der Waals surface area contributed by atoms with E-state index in [4.69, 9.17) is 5.11 Å². The number of carboxylic acid groups (broad SMARTS) is 1. The highest BCUT2D eigenvalue weighted by molar-refractivity contribution is 5.85. The molecule has 1 fully saturated rings. The average molecular weight is 249 g/mol. The van der Waals surface area contributed by atoms with Crippen LogP contribution in [0.4, 0.5) is 0 Å². The zero-order valence-electron chi connectivity index (χ0n) is 9.80. The van der Waals surface area contributed by atoms with Crippen molar-refractivity contribution in [2.24, 2.45) is 5.92 Å². The maximum absolute atomic E-state index is 11.7. The lowest BCUT2D eigenvalue weighted by molar-refractivity contribution is -0.142. The molecule has 0 heterocycles. The minimum atomic E-state index is -0.997. The van der Waals surface area contributed by atoms with Gasteiger partial charge in [-0.2, -0.15) is 0 Å². The van der Waals surface area contributed by atoms with Gasteiger partial charge >= 0.3 is 5.97 Å². The normalized spacial score (nSPS) is 16.0. The SMILES string of the molecule is O=C(Cc1ccccc1O)NC(C(=O)O)C1CC1. The maximum Gasteiger partial charge on any atom is 0.326 e. The molecule has 0 aliphatic heterocycles. The van der Waals surface area contributed by atoms with Gasteiger partial charge in [0.1, 0.15) is 11.8 Å². The van der Waals surface area contributed by atoms with Crippen LogP contribution in [0, 0.1) is 5.92 Å². The highest BCUT2D eigenvalue weighted by Crippen LogP contribution is 2.32. The molecule has 3 N–H and O–H groups in total. The van der Waals surface area contributed by atoms with Crippen LogP contribution in [0.15, 0.2) is 24.3 Å². The van der Waals surface area contributed by atoms with Gasteiger partial charge in [-0.3, -0.25) is 4.79 Å². The van der Waals surface area contributed by atoms with E-state index < -0.39 is 12.0 Å². The lowest BCUT2D eigenvalue weighted by Crippen LogP contribution is -2.43. The number of hydrogen-bond acceptors (Lipinski definition) is 3. The molecule has 1 amide bonds. The topological polar surface area (TPSA) is 86.6 Å². The number of carbonyl (C=O) groups is 2. The predicted molar refractivity (Wildman–Crippen MR) is 64.1 cm³/mol. The number of para-hydroxylation sites is 1. The number of carbonyl (C=O) groups excluding carboxylic acids is 1. The molecule has 1 aromatic carbocycles. The Bertz CT molecular complexity index is 468. The van der Waals surface area contributed by atoms with Crippen LogP contribution in [0.1, 0.15) is 18.4 Å². The standard InChI is InChI=1S/C13H15NO4/c15-10-4-2-1-3-9(10)7-11(16)14-12(13(17)18)8-5-6-8/h1-4,8,12,15H,5-7H2,(H,14,16)(H,17,18). The molecule has 0 spiro atoms. The molecule has 0 bridgehead atoms. The second-order valence-electron chi connectivity index (χ2n) is 4.53. The van der Waals surface area contributed by atoms with Gasteiger partial charge in [-0.25, -0.2) is 4.79 Å². The highest BCUT2D eigenvalue weighted by Gasteiger charge is 2.37. The molecule has 18 heavy (non-hydrogen) atoms. The molecule has 96 valence electrons. The van der Waals surface area contributed by atoms with Crippen LogP contribution < -0.4 is 5.32 Å². The van der Waals surface area contributed by atoms with Crippen molar-refractivity contribution in [1.82, 2.24) is 5.32 Å². The van der Waals surface area contributed by atoms with Crippen molar-refractivity contribution in [2.75, 3.05) is 0 Å². The Morgan fingerprint density at radius 3 is 2.56 bits per heavy atom. The molecule has 1 atom stereocenters. The van der Waals surface area contributed by atoms with Gasteiger partial charge < -0.3 is 15.5 Å². The van der Waals surface area contributed by atoms with Gasteiger partial charge in [0.15, 0.2) is 0 Å². The minimum absolute atomic E-state index is 0.0107. The first-order chi connectivity index (χ1) is 8.58. The van der Waals surface area contributed by atoms with Crippen LogP contribution in [-0.4, -0.2) is 28.1 Å². The van der Waals surface area contributed by atoms with Crippen molar-refractivity contribution in [2.45, 2.75) is 25.3 Å². The molecule has 1 aromatic rings. The quantitative estimate of drug-likeness (QED) is 0.724. The largest absolute Gasteiger partial charge is 0.508 e. The van der Waals surface area contributed by atoms with Crippen LogP contribution in [0.25, 0.3) is 0 Å². The number of aromatic hydroxyl groups is 1. The maximum atomic E-state index is 11.7. The van der Waals surface area contributed by atoms with Gasteiger partial charge in [0.2, 0.25) is 5.91 Å². The van der Waals surface area contributed by atoms with Gasteiger partial charge in [-0.05, 0) is 24.8 Å². The molecule has 2 rings (SSSR count). The molecule has 1 aliphatic rings. The van der Waals surface area contributed by atoms with E-state index >= 15 is 0 Å². The van der Waals surface area contributed by atoms with Crippen molar-refractivity contribution < 1.29 is 19.8 Å². The summed E-state index contributed by atoms with van der Waals surface area (Å²) >= 11 is 0. The first-order valence-electron chi connectivity index (χ1n) is 5.87. The summed E-state index contributed by atoms with van der Waals surface area (Å²) < 4.78 is 0. The van der Waals surface area contributed by atoms with Gasteiger partial charge in [-0.15, -0.1) is 0 Å². The Morgan fingerprint density at radius 1 is 1.33 bits per heavy atom. The Morgan fingerprint density at radius 2 is 2.00 bits per heavy atom. The van der Waals surface area contributed by atoms with Crippen LogP contribution in [0.2, 0.25) is 0 Å². The molecule has 1 saturated carbocycles. The summed E-state index contributed by atoms with van der Waals surface area (Å²) in [7, 11) is 0. The second-order valence-corrected chi connectivity index (χ2v) is 4.53. The van der Waals surface area contributed by atoms with Gasteiger partial charge in [0.05, 0.1) is 6.42 Å². The van der Waals surface area contributed by atoms with Crippen molar-refractivity contribution in [3.8, 4) is 5.75 Å². The van der Waals surface area contributed by atoms with Crippen molar-refractivity contribution >= 4 is 11.9 Å². The fourth-order valence-electron chi connectivity index (χ4n) is 1.87. The fraction of sp³-hybridized carbons (Fsp3) is 0.385. The summed E-state index contributed by atoms with van der Waals surface area (Å²) in [5.74, 6) is -1.28. The van der Waals surface area contributed by atoms with E-state index in [0.717, 1.165) is 12.8 Å². The summed E-state index contributed by atoms with van der Waals surface area (Å²) in [4.78, 5) is 22.7. The number of rotatable bonds is 5. The number of benzene rings is 1. The highest BCUT2D eigenvalue weighted by atomic mass is 16.4. The molecular weight excluding hydrogens is 234 g/mol. The third-order valence-electron chi connectivity index (χ3n) is 3.02. The minimum Gasteiger partial charge on any atom is -0.508 e. The number of aliphatic carboxylic acids is 1. The summed E-state index contributed by atoms with van der Waals surface area (Å²) in [6.07, 6.45) is 1.67. The number of nitrogens with one attached hydrogen (secondary N) is 1. The molecule has 0 radical (unpaired) electrons. The summed E-state index contributed by atoms with van der Waals surface area (Å²) in [5, 5.41) is 21.0. The number of phenols is 1. The molecule has 5 heteroatoms. The van der Waals surface area contributed by atoms with E-state index in [0.29, 0.717) is 5.56 Å². The fourth-order valence-corrected chi connectivity index (χ4v) is 1.87. The third kappa shape index (κ3) is 3.00. The summed E-state index contributed by atoms with van der Waals surface area (Å²) in [5.41, 5.74) is 0.495. The molecular formula is C13H15NO4. The second kappa shape index (κ2) is 5.08. The van der Waals surface area contributed by atoms with Crippen LogP contribution >= 0.6 is 0 Å². The average Bonchev–Trinajstić information content (AvgIpc) is 3.13. The van der Waals surface area contributed by atoms with Crippen LogP contribution in [0.5, 0.6) is 5.75 Å². The third-order valence-corrected chi connectivity index (χ3v) is 3.02. The zero-order valence-corrected chi connectivity index (χ0v) is 9.80. The van der Waals surface area contributed by atoms with E-state index in [2.05, 4.69) is 5.32 Å². The monoisotopic (exact) mass is 249 g/mol. The molecule has 0 saturated heterocycles. The van der Waals surface area contributed by atoms with E-state index in [1.165, 1.54) is 6.07 Å². The summed E-state index contributed by atoms with van der Waals surface area (Å²) in [6, 6.07) is 5.72. The Kier molecular flexibility index (Phi) is 3.50. The first-order valence-corrected chi connectivity index (χ1v) is 5.87. The van der Waals surface area contributed by atoms with Crippen LogP contribution in [-0.2, 0) is 16.0 Å². The first kappa shape index (κ1) is 12.4. The Hall–Kier alpha value is -2.04. The van der Waals surface area contributed by atoms with Crippen molar-refractivity contribution in [3.05, 3.63) is 29.8 Å². The molecule has 5 nitrogen and oxygen atoms in total. The molecule has 1 aliphatic carbocycles. The zero-order chi connectivity index (χ0) is 13.1.